The normalized spacial score (nSPS) is 14.0. The van der Waals surface area contributed by atoms with E-state index in [1.165, 1.54) is 0 Å². The zero-order valence-corrected chi connectivity index (χ0v) is 10.6. The van der Waals surface area contributed by atoms with Crippen LogP contribution >= 0.6 is 0 Å². The van der Waals surface area contributed by atoms with Crippen LogP contribution in [0.15, 0.2) is 30.3 Å². The van der Waals surface area contributed by atoms with Crippen LogP contribution in [0.5, 0.6) is 0 Å². The molecule has 5 nitrogen and oxygen atoms in total. The number of carbonyl (C=O) groups is 2. The average Bonchev–Trinajstić information content (AvgIpc) is 2.35. The Morgan fingerprint density at radius 2 is 1.72 bits per heavy atom. The summed E-state index contributed by atoms with van der Waals surface area (Å²) in [5, 5.41) is 2.58. The zero-order chi connectivity index (χ0) is 13.7. The van der Waals surface area contributed by atoms with Crippen LogP contribution in [0.2, 0.25) is 0 Å². The smallest absolute Gasteiger partial charge is 0.244 e. The number of carbonyl (C=O) groups excluding carboxylic acids is 2. The van der Waals surface area contributed by atoms with Crippen molar-refractivity contribution in [2.75, 3.05) is 0 Å². The van der Waals surface area contributed by atoms with Crippen molar-refractivity contribution in [1.82, 2.24) is 5.32 Å². The highest BCUT2D eigenvalue weighted by molar-refractivity contribution is 5.89. The number of amides is 2. The minimum atomic E-state index is -0.844. The maximum Gasteiger partial charge on any atom is 0.244 e. The number of nitrogens with two attached hydrogens (primary N) is 2. The van der Waals surface area contributed by atoms with Crippen molar-refractivity contribution < 1.29 is 9.59 Å². The predicted octanol–water partition coefficient (Wildman–Crippen LogP) is 0.313. The van der Waals surface area contributed by atoms with Crippen LogP contribution < -0.4 is 16.8 Å². The monoisotopic (exact) mass is 249 g/mol. The number of benzene rings is 1. The van der Waals surface area contributed by atoms with Crippen LogP contribution in [0, 0.1) is 5.92 Å². The summed E-state index contributed by atoms with van der Waals surface area (Å²) in [5.41, 5.74) is 11.7. The van der Waals surface area contributed by atoms with Crippen molar-refractivity contribution in [2.45, 2.75) is 25.9 Å². The molecule has 0 bridgehead atoms. The highest BCUT2D eigenvalue weighted by atomic mass is 16.2. The molecule has 0 fully saturated rings. The topological polar surface area (TPSA) is 98.2 Å². The summed E-state index contributed by atoms with van der Waals surface area (Å²) in [6.45, 7) is 3.68. The van der Waals surface area contributed by atoms with Crippen molar-refractivity contribution in [1.29, 1.82) is 0 Å². The van der Waals surface area contributed by atoms with E-state index in [2.05, 4.69) is 5.32 Å². The van der Waals surface area contributed by atoms with Crippen LogP contribution in [-0.2, 0) is 9.59 Å². The first-order valence-corrected chi connectivity index (χ1v) is 5.83. The largest absolute Gasteiger partial charge is 0.368 e. The third kappa shape index (κ3) is 3.56. The molecule has 1 aromatic rings. The van der Waals surface area contributed by atoms with E-state index >= 15 is 0 Å². The van der Waals surface area contributed by atoms with E-state index in [-0.39, 0.29) is 11.8 Å². The summed E-state index contributed by atoms with van der Waals surface area (Å²) in [7, 11) is 0. The molecule has 2 atom stereocenters. The molecule has 0 aliphatic carbocycles. The van der Waals surface area contributed by atoms with Gasteiger partial charge in [-0.05, 0) is 11.5 Å². The highest BCUT2D eigenvalue weighted by Crippen LogP contribution is 2.12. The van der Waals surface area contributed by atoms with Gasteiger partial charge in [0.25, 0.3) is 0 Å². The van der Waals surface area contributed by atoms with E-state index in [9.17, 15) is 9.59 Å². The Bertz CT molecular complexity index is 418. The van der Waals surface area contributed by atoms with E-state index in [0.29, 0.717) is 5.56 Å². The van der Waals surface area contributed by atoms with Gasteiger partial charge in [-0.15, -0.1) is 0 Å². The van der Waals surface area contributed by atoms with Gasteiger partial charge in [-0.25, -0.2) is 0 Å². The lowest BCUT2D eigenvalue weighted by Crippen LogP contribution is -2.47. The highest BCUT2D eigenvalue weighted by Gasteiger charge is 2.24. The van der Waals surface area contributed by atoms with E-state index in [1.807, 2.05) is 19.9 Å². The fourth-order valence-electron chi connectivity index (χ4n) is 1.51. The molecule has 1 aromatic carbocycles. The standard InChI is InChI=1S/C13H19N3O2/c1-8(2)10(14)13(18)16-11(12(15)17)9-6-4-3-5-7-9/h3-8,10-11H,14H2,1-2H3,(H2,15,17)(H,16,18)/t10-,11-/m0/s1. The Morgan fingerprint density at radius 3 is 2.17 bits per heavy atom. The maximum absolute atomic E-state index is 11.8. The minimum Gasteiger partial charge on any atom is -0.368 e. The average molecular weight is 249 g/mol. The molecule has 5 heteroatoms. The van der Waals surface area contributed by atoms with Crippen molar-refractivity contribution in [3.63, 3.8) is 0 Å². The maximum atomic E-state index is 11.8. The van der Waals surface area contributed by atoms with Gasteiger partial charge in [0.2, 0.25) is 11.8 Å². The van der Waals surface area contributed by atoms with E-state index in [0.717, 1.165) is 0 Å². The van der Waals surface area contributed by atoms with Crippen LogP contribution in [-0.4, -0.2) is 17.9 Å². The summed E-state index contributed by atoms with van der Waals surface area (Å²) in [6.07, 6.45) is 0. The number of nitrogens with one attached hydrogen (secondary N) is 1. The predicted molar refractivity (Wildman–Crippen MR) is 69.3 cm³/mol. The molecule has 0 aliphatic heterocycles. The second kappa shape index (κ2) is 6.16. The summed E-state index contributed by atoms with van der Waals surface area (Å²) < 4.78 is 0. The van der Waals surface area contributed by atoms with Gasteiger partial charge in [0.1, 0.15) is 6.04 Å². The fraction of sp³-hybridized carbons (Fsp3) is 0.385. The van der Waals surface area contributed by atoms with Gasteiger partial charge in [-0.2, -0.15) is 0 Å². The lowest BCUT2D eigenvalue weighted by molar-refractivity contribution is -0.128. The molecular formula is C13H19N3O2. The lowest BCUT2D eigenvalue weighted by atomic mass is 10.0. The first-order valence-electron chi connectivity index (χ1n) is 5.83. The van der Waals surface area contributed by atoms with Crippen LogP contribution in [0.4, 0.5) is 0 Å². The second-order valence-corrected chi connectivity index (χ2v) is 4.52. The molecule has 0 saturated heterocycles. The number of hydrogen-bond acceptors (Lipinski definition) is 3. The minimum absolute atomic E-state index is 0.00528. The van der Waals surface area contributed by atoms with Gasteiger partial charge in [0.15, 0.2) is 0 Å². The van der Waals surface area contributed by atoms with Crippen LogP contribution in [0.1, 0.15) is 25.5 Å². The van der Waals surface area contributed by atoms with Crippen LogP contribution in [0.25, 0.3) is 0 Å². The first-order chi connectivity index (χ1) is 8.43. The quantitative estimate of drug-likeness (QED) is 0.700. The van der Waals surface area contributed by atoms with E-state index in [1.54, 1.807) is 24.3 Å². The van der Waals surface area contributed by atoms with Gasteiger partial charge in [-0.3, -0.25) is 9.59 Å². The molecule has 18 heavy (non-hydrogen) atoms. The molecule has 2 amide bonds. The molecule has 0 aromatic heterocycles. The number of rotatable bonds is 5. The van der Waals surface area contributed by atoms with Gasteiger partial charge in [0.05, 0.1) is 6.04 Å². The van der Waals surface area contributed by atoms with E-state index in [4.69, 9.17) is 11.5 Å². The molecule has 0 radical (unpaired) electrons. The number of hydrogen-bond donors (Lipinski definition) is 3. The lowest BCUT2D eigenvalue weighted by Gasteiger charge is -2.20. The molecule has 5 N–H and O–H groups in total. The van der Waals surface area contributed by atoms with Crippen molar-refractivity contribution in [3.8, 4) is 0 Å². The van der Waals surface area contributed by atoms with Crippen molar-refractivity contribution >= 4 is 11.8 Å². The third-order valence-corrected chi connectivity index (χ3v) is 2.73. The van der Waals surface area contributed by atoms with Crippen molar-refractivity contribution in [2.24, 2.45) is 17.4 Å². The van der Waals surface area contributed by atoms with E-state index < -0.39 is 18.0 Å². The number of primary amides is 1. The second-order valence-electron chi connectivity index (χ2n) is 4.52. The van der Waals surface area contributed by atoms with Gasteiger partial charge in [-0.1, -0.05) is 44.2 Å². The molecule has 0 heterocycles. The Kier molecular flexibility index (Phi) is 4.85. The zero-order valence-electron chi connectivity index (χ0n) is 10.6. The molecular weight excluding hydrogens is 230 g/mol. The molecule has 0 saturated carbocycles. The van der Waals surface area contributed by atoms with Gasteiger partial charge >= 0.3 is 0 Å². The first kappa shape index (κ1) is 14.2. The Morgan fingerprint density at radius 1 is 1.17 bits per heavy atom. The summed E-state index contributed by atoms with van der Waals surface area (Å²) >= 11 is 0. The molecule has 0 unspecified atom stereocenters. The third-order valence-electron chi connectivity index (χ3n) is 2.73. The summed E-state index contributed by atoms with van der Waals surface area (Å²) in [5.74, 6) is -0.988. The molecule has 1 rings (SSSR count). The Balaban J connectivity index is 2.83. The molecule has 98 valence electrons. The van der Waals surface area contributed by atoms with Crippen LogP contribution in [0.3, 0.4) is 0 Å². The SMILES string of the molecule is CC(C)[C@H](N)C(=O)N[C@H](C(N)=O)c1ccccc1. The molecule has 0 aliphatic rings. The van der Waals surface area contributed by atoms with Gasteiger partial charge in [0, 0.05) is 0 Å². The molecule has 0 spiro atoms. The Hall–Kier alpha value is -1.88. The van der Waals surface area contributed by atoms with Crippen molar-refractivity contribution in [3.05, 3.63) is 35.9 Å². The fourth-order valence-corrected chi connectivity index (χ4v) is 1.51. The van der Waals surface area contributed by atoms with Gasteiger partial charge < -0.3 is 16.8 Å². The summed E-state index contributed by atoms with van der Waals surface area (Å²) in [6, 6.07) is 7.34. The summed E-state index contributed by atoms with van der Waals surface area (Å²) in [4.78, 5) is 23.2. The Labute approximate surface area is 107 Å².